The van der Waals surface area contributed by atoms with Crippen molar-refractivity contribution in [3.8, 4) is 6.01 Å². The second-order valence-electron chi connectivity index (χ2n) is 4.94. The second-order valence-corrected chi connectivity index (χ2v) is 4.94. The van der Waals surface area contributed by atoms with Crippen molar-refractivity contribution in [2.75, 3.05) is 6.54 Å². The van der Waals surface area contributed by atoms with Crippen molar-refractivity contribution in [3.05, 3.63) is 41.5 Å². The molecule has 2 heterocycles. The maximum Gasteiger partial charge on any atom is 0.307 e. The third kappa shape index (κ3) is 2.20. The maximum atomic E-state index is 5.56. The number of imidazole rings is 1. The zero-order valence-corrected chi connectivity index (χ0v) is 12.0. The number of hydrogen-bond donors (Lipinski definition) is 1. The summed E-state index contributed by atoms with van der Waals surface area (Å²) in [6, 6.07) is 4.76. The van der Waals surface area contributed by atoms with Gasteiger partial charge in [0, 0.05) is 6.54 Å². The average molecular weight is 270 g/mol. The van der Waals surface area contributed by atoms with E-state index in [1.807, 2.05) is 4.57 Å². The molecule has 20 heavy (non-hydrogen) atoms. The summed E-state index contributed by atoms with van der Waals surface area (Å²) in [6.07, 6.45) is 3.44. The van der Waals surface area contributed by atoms with Gasteiger partial charge < -0.3 is 9.73 Å². The molecular formula is C15H18N4O. The zero-order chi connectivity index (χ0) is 14.1. The van der Waals surface area contributed by atoms with Crippen LogP contribution in [0.15, 0.2) is 29.1 Å². The second kappa shape index (κ2) is 5.09. The van der Waals surface area contributed by atoms with E-state index in [4.69, 9.17) is 4.42 Å². The van der Waals surface area contributed by atoms with Gasteiger partial charge in [-0.3, -0.25) is 4.57 Å². The Morgan fingerprint density at radius 3 is 2.85 bits per heavy atom. The highest BCUT2D eigenvalue weighted by molar-refractivity contribution is 5.78. The molecule has 0 fully saturated rings. The fourth-order valence-corrected chi connectivity index (χ4v) is 2.16. The highest BCUT2D eigenvalue weighted by Gasteiger charge is 2.11. The normalized spacial score (nSPS) is 11.3. The van der Waals surface area contributed by atoms with Crippen LogP contribution in [0.4, 0.5) is 0 Å². The standard InChI is InChI=1S/C15H18N4O/c1-4-16-7-12-8-20-15(18-12)19-9-17-13-5-10(2)11(3)6-14(13)19/h5-6,8-9,16H,4,7H2,1-3H3. The van der Waals surface area contributed by atoms with Crippen LogP contribution in [0.3, 0.4) is 0 Å². The lowest BCUT2D eigenvalue weighted by Crippen LogP contribution is -2.11. The highest BCUT2D eigenvalue weighted by Crippen LogP contribution is 2.21. The van der Waals surface area contributed by atoms with Crippen molar-refractivity contribution in [2.24, 2.45) is 0 Å². The number of benzene rings is 1. The van der Waals surface area contributed by atoms with Crippen LogP contribution in [0.5, 0.6) is 0 Å². The third-order valence-corrected chi connectivity index (χ3v) is 3.46. The highest BCUT2D eigenvalue weighted by atomic mass is 16.4. The van der Waals surface area contributed by atoms with E-state index >= 15 is 0 Å². The molecule has 0 unspecified atom stereocenters. The number of hydrogen-bond acceptors (Lipinski definition) is 4. The molecule has 0 radical (unpaired) electrons. The van der Waals surface area contributed by atoms with Gasteiger partial charge in [-0.05, 0) is 43.7 Å². The maximum absolute atomic E-state index is 5.56. The molecule has 2 aromatic heterocycles. The monoisotopic (exact) mass is 270 g/mol. The lowest BCUT2D eigenvalue weighted by molar-refractivity contribution is 0.529. The largest absolute Gasteiger partial charge is 0.431 e. The Morgan fingerprint density at radius 2 is 2.05 bits per heavy atom. The van der Waals surface area contributed by atoms with E-state index in [0.29, 0.717) is 12.6 Å². The van der Waals surface area contributed by atoms with Crippen LogP contribution < -0.4 is 5.32 Å². The first-order valence-corrected chi connectivity index (χ1v) is 6.79. The number of oxazole rings is 1. The van der Waals surface area contributed by atoms with E-state index in [1.165, 1.54) is 11.1 Å². The summed E-state index contributed by atoms with van der Waals surface area (Å²) in [5, 5.41) is 3.23. The van der Waals surface area contributed by atoms with Gasteiger partial charge in [-0.25, -0.2) is 4.98 Å². The summed E-state index contributed by atoms with van der Waals surface area (Å²) in [4.78, 5) is 8.90. The van der Waals surface area contributed by atoms with Crippen LogP contribution in [0.2, 0.25) is 0 Å². The molecule has 1 aromatic carbocycles. The SMILES string of the molecule is CCNCc1coc(-n2cnc3cc(C)c(C)cc32)n1. The minimum absolute atomic E-state index is 0.559. The quantitative estimate of drug-likeness (QED) is 0.792. The fraction of sp³-hybridized carbons (Fsp3) is 0.333. The molecular weight excluding hydrogens is 252 g/mol. The van der Waals surface area contributed by atoms with E-state index < -0.39 is 0 Å². The first-order valence-electron chi connectivity index (χ1n) is 6.79. The number of rotatable bonds is 4. The topological polar surface area (TPSA) is 55.9 Å². The Kier molecular flexibility index (Phi) is 3.28. The van der Waals surface area contributed by atoms with Gasteiger partial charge in [-0.15, -0.1) is 0 Å². The lowest BCUT2D eigenvalue weighted by atomic mass is 10.1. The Labute approximate surface area is 117 Å². The van der Waals surface area contributed by atoms with Gasteiger partial charge >= 0.3 is 6.01 Å². The van der Waals surface area contributed by atoms with Crippen molar-refractivity contribution in [3.63, 3.8) is 0 Å². The number of aryl methyl sites for hydroxylation is 2. The van der Waals surface area contributed by atoms with E-state index in [-0.39, 0.29) is 0 Å². The van der Waals surface area contributed by atoms with Crippen LogP contribution >= 0.6 is 0 Å². The van der Waals surface area contributed by atoms with Gasteiger partial charge in [0.2, 0.25) is 0 Å². The van der Waals surface area contributed by atoms with Gasteiger partial charge in [0.15, 0.2) is 0 Å². The van der Waals surface area contributed by atoms with Crippen LogP contribution in [-0.2, 0) is 6.54 Å². The van der Waals surface area contributed by atoms with Crippen molar-refractivity contribution < 1.29 is 4.42 Å². The van der Waals surface area contributed by atoms with Crippen LogP contribution in [0.1, 0.15) is 23.7 Å². The van der Waals surface area contributed by atoms with Gasteiger partial charge in [0.1, 0.15) is 12.6 Å². The summed E-state index contributed by atoms with van der Waals surface area (Å²) >= 11 is 0. The molecule has 1 N–H and O–H groups in total. The van der Waals surface area contributed by atoms with E-state index in [1.54, 1.807) is 12.6 Å². The molecule has 0 aliphatic heterocycles. The van der Waals surface area contributed by atoms with Gasteiger partial charge in [-0.1, -0.05) is 6.92 Å². The molecule has 0 aliphatic rings. The predicted octanol–water partition coefficient (Wildman–Crippen LogP) is 2.74. The number of aromatic nitrogens is 3. The van der Waals surface area contributed by atoms with Crippen molar-refractivity contribution in [1.82, 2.24) is 19.9 Å². The van der Waals surface area contributed by atoms with Gasteiger partial charge in [0.05, 0.1) is 16.7 Å². The van der Waals surface area contributed by atoms with Crippen LogP contribution in [-0.4, -0.2) is 21.1 Å². The van der Waals surface area contributed by atoms with Crippen molar-refractivity contribution >= 4 is 11.0 Å². The van der Waals surface area contributed by atoms with Crippen molar-refractivity contribution in [2.45, 2.75) is 27.3 Å². The molecule has 3 aromatic rings. The van der Waals surface area contributed by atoms with E-state index in [9.17, 15) is 0 Å². The van der Waals surface area contributed by atoms with E-state index in [0.717, 1.165) is 23.3 Å². The van der Waals surface area contributed by atoms with E-state index in [2.05, 4.69) is 48.2 Å². The molecule has 0 aliphatic carbocycles. The molecule has 0 amide bonds. The lowest BCUT2D eigenvalue weighted by Gasteiger charge is -2.02. The molecule has 5 heteroatoms. The Morgan fingerprint density at radius 1 is 1.25 bits per heavy atom. The zero-order valence-electron chi connectivity index (χ0n) is 12.0. The number of fused-ring (bicyclic) bond motifs is 1. The molecule has 0 bridgehead atoms. The predicted molar refractivity (Wildman–Crippen MR) is 78.0 cm³/mol. The van der Waals surface area contributed by atoms with Crippen molar-refractivity contribution in [1.29, 1.82) is 0 Å². The minimum Gasteiger partial charge on any atom is -0.431 e. The summed E-state index contributed by atoms with van der Waals surface area (Å²) in [5.41, 5.74) is 5.35. The number of nitrogens with zero attached hydrogens (tertiary/aromatic N) is 3. The summed E-state index contributed by atoms with van der Waals surface area (Å²) in [7, 11) is 0. The molecule has 0 saturated heterocycles. The number of nitrogens with one attached hydrogen (secondary N) is 1. The summed E-state index contributed by atoms with van der Waals surface area (Å²) < 4.78 is 7.44. The summed E-state index contributed by atoms with van der Waals surface area (Å²) in [6.45, 7) is 7.88. The molecule has 104 valence electrons. The molecule has 0 spiro atoms. The molecule has 5 nitrogen and oxygen atoms in total. The smallest absolute Gasteiger partial charge is 0.307 e. The summed E-state index contributed by atoms with van der Waals surface area (Å²) in [5.74, 6) is 0. The first-order chi connectivity index (χ1) is 9.69. The Balaban J connectivity index is 2.01. The molecule has 0 atom stereocenters. The van der Waals surface area contributed by atoms with Crippen LogP contribution in [0.25, 0.3) is 17.0 Å². The third-order valence-electron chi connectivity index (χ3n) is 3.46. The Bertz CT molecular complexity index is 741. The molecule has 3 rings (SSSR count). The average Bonchev–Trinajstić information content (AvgIpc) is 3.03. The first kappa shape index (κ1) is 12.9. The van der Waals surface area contributed by atoms with Crippen LogP contribution in [0, 0.1) is 13.8 Å². The van der Waals surface area contributed by atoms with Gasteiger partial charge in [0.25, 0.3) is 0 Å². The van der Waals surface area contributed by atoms with Gasteiger partial charge in [-0.2, -0.15) is 4.98 Å². The molecule has 0 saturated carbocycles. The fourth-order valence-electron chi connectivity index (χ4n) is 2.16. The Hall–Kier alpha value is -2.14. The minimum atomic E-state index is 0.559.